The molecule has 1 aliphatic rings. The van der Waals surface area contributed by atoms with Crippen molar-refractivity contribution >= 4 is 0 Å². The van der Waals surface area contributed by atoms with Crippen LogP contribution in [0.25, 0.3) is 0 Å². The fourth-order valence-electron chi connectivity index (χ4n) is 3.19. The van der Waals surface area contributed by atoms with Gasteiger partial charge in [0.05, 0.1) is 5.60 Å². The van der Waals surface area contributed by atoms with Crippen molar-refractivity contribution in [3.05, 3.63) is 0 Å². The molecular weight excluding hydrogens is 222 g/mol. The van der Waals surface area contributed by atoms with Crippen molar-refractivity contribution in [3.63, 3.8) is 0 Å². The highest BCUT2D eigenvalue weighted by atomic mass is 16.3. The van der Waals surface area contributed by atoms with Crippen LogP contribution in [0.4, 0.5) is 0 Å². The standard InChI is InChI=1S/C16H33NO/c1-4-7-8-15(6-3)14-16(18)9-12-17(11-5-2)13-10-16/h15,18H,4-14H2,1-3H3. The van der Waals surface area contributed by atoms with Crippen LogP contribution in [0.1, 0.15) is 72.1 Å². The van der Waals surface area contributed by atoms with Gasteiger partial charge in [-0.05, 0) is 38.1 Å². The smallest absolute Gasteiger partial charge is 0.0674 e. The molecule has 18 heavy (non-hydrogen) atoms. The van der Waals surface area contributed by atoms with Crippen LogP contribution >= 0.6 is 0 Å². The molecule has 1 aliphatic heterocycles. The Hall–Kier alpha value is -0.0800. The minimum absolute atomic E-state index is 0.362. The first-order valence-corrected chi connectivity index (χ1v) is 8.08. The fraction of sp³-hybridized carbons (Fsp3) is 1.00. The van der Waals surface area contributed by atoms with Gasteiger partial charge in [0, 0.05) is 13.1 Å². The van der Waals surface area contributed by atoms with E-state index in [1.807, 2.05) is 0 Å². The van der Waals surface area contributed by atoms with Crippen LogP contribution in [0.2, 0.25) is 0 Å². The van der Waals surface area contributed by atoms with E-state index in [2.05, 4.69) is 25.7 Å². The summed E-state index contributed by atoms with van der Waals surface area (Å²) in [5.41, 5.74) is -0.362. The molecule has 1 N–H and O–H groups in total. The lowest BCUT2D eigenvalue weighted by atomic mass is 9.80. The van der Waals surface area contributed by atoms with Crippen LogP contribution in [0.5, 0.6) is 0 Å². The first-order valence-electron chi connectivity index (χ1n) is 8.08. The fourth-order valence-corrected chi connectivity index (χ4v) is 3.19. The van der Waals surface area contributed by atoms with E-state index in [9.17, 15) is 5.11 Å². The van der Waals surface area contributed by atoms with Crippen LogP contribution in [0.15, 0.2) is 0 Å². The third-order valence-corrected chi connectivity index (χ3v) is 4.54. The van der Waals surface area contributed by atoms with Gasteiger partial charge in [-0.1, -0.05) is 46.5 Å². The van der Waals surface area contributed by atoms with Crippen molar-refractivity contribution in [2.75, 3.05) is 19.6 Å². The molecule has 1 fully saturated rings. The van der Waals surface area contributed by atoms with Gasteiger partial charge in [-0.3, -0.25) is 0 Å². The third-order valence-electron chi connectivity index (χ3n) is 4.54. The summed E-state index contributed by atoms with van der Waals surface area (Å²) in [5.74, 6) is 0.729. The zero-order valence-corrected chi connectivity index (χ0v) is 12.7. The molecule has 2 nitrogen and oxygen atoms in total. The molecule has 1 unspecified atom stereocenters. The summed E-state index contributed by atoms with van der Waals surface area (Å²) in [7, 11) is 0. The molecule has 108 valence electrons. The summed E-state index contributed by atoms with van der Waals surface area (Å²) in [6.07, 6.45) is 9.34. The van der Waals surface area contributed by atoms with Crippen LogP contribution in [0.3, 0.4) is 0 Å². The number of hydrogen-bond donors (Lipinski definition) is 1. The van der Waals surface area contributed by atoms with Crippen molar-refractivity contribution in [2.45, 2.75) is 77.7 Å². The van der Waals surface area contributed by atoms with Gasteiger partial charge < -0.3 is 10.0 Å². The predicted octanol–water partition coefficient (Wildman–Crippen LogP) is 3.83. The Kier molecular flexibility index (Phi) is 7.25. The number of nitrogens with zero attached hydrogens (tertiary/aromatic N) is 1. The second-order valence-corrected chi connectivity index (χ2v) is 6.19. The first kappa shape index (κ1) is 16.0. The lowest BCUT2D eigenvalue weighted by Gasteiger charge is -2.40. The molecule has 2 heteroatoms. The summed E-state index contributed by atoms with van der Waals surface area (Å²) >= 11 is 0. The number of piperidine rings is 1. The average molecular weight is 255 g/mol. The highest BCUT2D eigenvalue weighted by Crippen LogP contribution is 2.32. The molecule has 1 heterocycles. The van der Waals surface area contributed by atoms with Crippen molar-refractivity contribution in [3.8, 4) is 0 Å². The molecule has 0 radical (unpaired) electrons. The maximum atomic E-state index is 10.7. The molecule has 1 atom stereocenters. The van der Waals surface area contributed by atoms with E-state index in [-0.39, 0.29) is 5.60 Å². The van der Waals surface area contributed by atoms with Gasteiger partial charge in [0.1, 0.15) is 0 Å². The van der Waals surface area contributed by atoms with Gasteiger partial charge in [-0.15, -0.1) is 0 Å². The van der Waals surface area contributed by atoms with Crippen molar-refractivity contribution in [1.29, 1.82) is 0 Å². The monoisotopic (exact) mass is 255 g/mol. The SMILES string of the molecule is CCCCC(CC)CC1(O)CCN(CCC)CC1. The molecule has 0 bridgehead atoms. The van der Waals surface area contributed by atoms with Gasteiger partial charge >= 0.3 is 0 Å². The van der Waals surface area contributed by atoms with Gasteiger partial charge in [-0.2, -0.15) is 0 Å². The van der Waals surface area contributed by atoms with Crippen LogP contribution < -0.4 is 0 Å². The predicted molar refractivity (Wildman–Crippen MR) is 78.8 cm³/mol. The van der Waals surface area contributed by atoms with Crippen molar-refractivity contribution in [1.82, 2.24) is 4.90 Å². The molecular formula is C16H33NO. The van der Waals surface area contributed by atoms with Crippen LogP contribution in [-0.4, -0.2) is 35.2 Å². The molecule has 0 aromatic heterocycles. The third kappa shape index (κ3) is 5.27. The maximum Gasteiger partial charge on any atom is 0.0674 e. The Balaban J connectivity index is 2.36. The summed E-state index contributed by atoms with van der Waals surface area (Å²) in [5, 5.41) is 10.7. The van der Waals surface area contributed by atoms with Crippen LogP contribution in [0, 0.1) is 5.92 Å². The van der Waals surface area contributed by atoms with E-state index in [0.717, 1.165) is 38.3 Å². The number of likely N-dealkylation sites (tertiary alicyclic amines) is 1. The Bertz CT molecular complexity index is 209. The molecule has 1 saturated heterocycles. The molecule has 0 aromatic carbocycles. The lowest BCUT2D eigenvalue weighted by Crippen LogP contribution is -2.45. The zero-order chi connectivity index (χ0) is 13.4. The summed E-state index contributed by atoms with van der Waals surface area (Å²) in [6.45, 7) is 10.1. The first-order chi connectivity index (χ1) is 8.63. The summed E-state index contributed by atoms with van der Waals surface area (Å²) in [6, 6.07) is 0. The quantitative estimate of drug-likeness (QED) is 0.712. The lowest BCUT2D eigenvalue weighted by molar-refractivity contribution is -0.0402. The van der Waals surface area contributed by atoms with Gasteiger partial charge in [0.25, 0.3) is 0 Å². The second-order valence-electron chi connectivity index (χ2n) is 6.19. The molecule has 0 amide bonds. The normalized spacial score (nSPS) is 22.0. The molecule has 1 rings (SSSR count). The Morgan fingerprint density at radius 3 is 2.28 bits per heavy atom. The van der Waals surface area contributed by atoms with E-state index in [1.54, 1.807) is 0 Å². The highest BCUT2D eigenvalue weighted by Gasteiger charge is 2.33. The number of aliphatic hydroxyl groups is 1. The minimum atomic E-state index is -0.362. The second kappa shape index (κ2) is 8.16. The maximum absolute atomic E-state index is 10.7. The molecule has 0 spiro atoms. The summed E-state index contributed by atoms with van der Waals surface area (Å²) in [4.78, 5) is 2.50. The Morgan fingerprint density at radius 2 is 1.78 bits per heavy atom. The summed E-state index contributed by atoms with van der Waals surface area (Å²) < 4.78 is 0. The average Bonchev–Trinajstić information content (AvgIpc) is 2.38. The number of unbranched alkanes of at least 4 members (excludes halogenated alkanes) is 1. The molecule has 0 aliphatic carbocycles. The number of rotatable bonds is 8. The van der Waals surface area contributed by atoms with Crippen LogP contribution in [-0.2, 0) is 0 Å². The van der Waals surface area contributed by atoms with Gasteiger partial charge in [0.2, 0.25) is 0 Å². The van der Waals surface area contributed by atoms with E-state index in [4.69, 9.17) is 0 Å². The van der Waals surface area contributed by atoms with Gasteiger partial charge in [0.15, 0.2) is 0 Å². The van der Waals surface area contributed by atoms with Gasteiger partial charge in [-0.25, -0.2) is 0 Å². The zero-order valence-electron chi connectivity index (χ0n) is 12.7. The van der Waals surface area contributed by atoms with E-state index < -0.39 is 0 Å². The molecule has 0 aromatic rings. The van der Waals surface area contributed by atoms with Crippen molar-refractivity contribution < 1.29 is 5.11 Å². The van der Waals surface area contributed by atoms with Crippen molar-refractivity contribution in [2.24, 2.45) is 5.92 Å². The highest BCUT2D eigenvalue weighted by molar-refractivity contribution is 4.87. The largest absolute Gasteiger partial charge is 0.390 e. The minimum Gasteiger partial charge on any atom is -0.390 e. The van der Waals surface area contributed by atoms with E-state index in [0.29, 0.717) is 0 Å². The number of hydrogen-bond acceptors (Lipinski definition) is 2. The topological polar surface area (TPSA) is 23.5 Å². The Morgan fingerprint density at radius 1 is 1.11 bits per heavy atom. The van der Waals surface area contributed by atoms with E-state index >= 15 is 0 Å². The molecule has 0 saturated carbocycles. The Labute approximate surface area is 114 Å². The van der Waals surface area contributed by atoms with E-state index in [1.165, 1.54) is 38.6 Å².